The van der Waals surface area contributed by atoms with Crippen molar-refractivity contribution in [3.8, 4) is 0 Å². The van der Waals surface area contributed by atoms with Gasteiger partial charge in [0.1, 0.15) is 0 Å². The van der Waals surface area contributed by atoms with Crippen LogP contribution < -0.4 is 16.0 Å². The summed E-state index contributed by atoms with van der Waals surface area (Å²) in [4.78, 5) is 25.0. The van der Waals surface area contributed by atoms with Gasteiger partial charge in [0.15, 0.2) is 0 Å². The normalized spacial score (nSPS) is 23.8. The zero-order chi connectivity index (χ0) is 14.8. The van der Waals surface area contributed by atoms with Gasteiger partial charge in [0, 0.05) is 23.0 Å². The molecule has 1 fully saturated rings. The molecule has 0 spiro atoms. The summed E-state index contributed by atoms with van der Waals surface area (Å²) >= 11 is 1.52. The Morgan fingerprint density at radius 1 is 1.41 bits per heavy atom. The molecule has 3 rings (SSSR count). The van der Waals surface area contributed by atoms with Crippen molar-refractivity contribution in [1.82, 2.24) is 10.6 Å². The summed E-state index contributed by atoms with van der Waals surface area (Å²) in [5, 5.41) is 9.08. The quantitative estimate of drug-likeness (QED) is 0.769. The van der Waals surface area contributed by atoms with Gasteiger partial charge in [0.25, 0.3) is 5.91 Å². The van der Waals surface area contributed by atoms with E-state index in [1.165, 1.54) is 11.8 Å². The highest BCUT2D eigenvalue weighted by Gasteiger charge is 2.24. The topological polar surface area (TPSA) is 70.2 Å². The van der Waals surface area contributed by atoms with E-state index in [0.717, 1.165) is 36.5 Å². The fourth-order valence-electron chi connectivity index (χ4n) is 2.59. The van der Waals surface area contributed by atoms with Gasteiger partial charge in [-0.2, -0.15) is 0 Å². The predicted molar refractivity (Wildman–Crippen MR) is 91.0 cm³/mol. The molecule has 1 saturated heterocycles. The van der Waals surface area contributed by atoms with Gasteiger partial charge in [-0.25, -0.2) is 0 Å². The van der Waals surface area contributed by atoms with E-state index in [9.17, 15) is 9.59 Å². The monoisotopic (exact) mass is 341 g/mol. The zero-order valence-corrected chi connectivity index (χ0v) is 14.0. The molecule has 2 atom stereocenters. The van der Waals surface area contributed by atoms with Crippen molar-refractivity contribution in [2.45, 2.75) is 36.0 Å². The lowest BCUT2D eigenvalue weighted by atomic mass is 10.1. The van der Waals surface area contributed by atoms with Crippen LogP contribution in [-0.2, 0) is 4.79 Å². The Hall–Kier alpha value is -1.24. The van der Waals surface area contributed by atoms with Gasteiger partial charge in [0.05, 0.1) is 10.9 Å². The molecule has 3 N–H and O–H groups in total. The Kier molecular flexibility index (Phi) is 5.72. The SMILES string of the molecule is CC1Sc2ccc(C(=O)NC3CCCNC3)cc2NC1=O.Cl. The second-order valence-electron chi connectivity index (χ2n) is 5.48. The number of anilines is 1. The summed E-state index contributed by atoms with van der Waals surface area (Å²) in [6, 6.07) is 5.68. The lowest BCUT2D eigenvalue weighted by molar-refractivity contribution is -0.115. The number of fused-ring (bicyclic) bond motifs is 1. The molecule has 0 aromatic heterocycles. The first kappa shape index (κ1) is 17.1. The molecule has 1 aromatic rings. The molecule has 2 heterocycles. The maximum Gasteiger partial charge on any atom is 0.251 e. The zero-order valence-electron chi connectivity index (χ0n) is 12.3. The van der Waals surface area contributed by atoms with E-state index in [-0.39, 0.29) is 35.5 Å². The molecule has 2 unspecified atom stereocenters. The van der Waals surface area contributed by atoms with Gasteiger partial charge in [0.2, 0.25) is 5.91 Å². The first-order chi connectivity index (χ1) is 10.1. The van der Waals surface area contributed by atoms with E-state index in [0.29, 0.717) is 5.56 Å². The van der Waals surface area contributed by atoms with E-state index in [1.54, 1.807) is 6.07 Å². The predicted octanol–water partition coefficient (Wildman–Crippen LogP) is 2.02. The Morgan fingerprint density at radius 2 is 2.23 bits per heavy atom. The molecule has 0 saturated carbocycles. The summed E-state index contributed by atoms with van der Waals surface area (Å²) in [6.45, 7) is 3.72. The van der Waals surface area contributed by atoms with E-state index < -0.39 is 0 Å². The molecule has 0 aliphatic carbocycles. The average molecular weight is 342 g/mol. The standard InChI is InChI=1S/C15H19N3O2S.ClH/c1-9-14(19)18-12-7-10(4-5-13(12)21-9)15(20)17-11-3-2-6-16-8-11;/h4-5,7,9,11,16H,2-3,6,8H2,1H3,(H,17,20)(H,18,19);1H. The maximum absolute atomic E-state index is 12.3. The average Bonchev–Trinajstić information content (AvgIpc) is 2.49. The second kappa shape index (κ2) is 7.35. The third-order valence-electron chi connectivity index (χ3n) is 3.80. The number of hydrogen-bond donors (Lipinski definition) is 3. The molecule has 1 aromatic carbocycles. The maximum atomic E-state index is 12.3. The minimum Gasteiger partial charge on any atom is -0.348 e. The van der Waals surface area contributed by atoms with E-state index in [1.807, 2.05) is 19.1 Å². The van der Waals surface area contributed by atoms with Crippen molar-refractivity contribution >= 4 is 41.7 Å². The molecular weight excluding hydrogens is 322 g/mol. The van der Waals surface area contributed by atoms with Crippen LogP contribution in [0.15, 0.2) is 23.1 Å². The van der Waals surface area contributed by atoms with Crippen LogP contribution in [0.1, 0.15) is 30.1 Å². The van der Waals surface area contributed by atoms with Crippen LogP contribution in [-0.4, -0.2) is 36.2 Å². The first-order valence-corrected chi connectivity index (χ1v) is 8.14. The molecule has 2 aliphatic heterocycles. The Balaban J connectivity index is 0.00000176. The number of hydrogen-bond acceptors (Lipinski definition) is 4. The Morgan fingerprint density at radius 3 is 2.95 bits per heavy atom. The minimum atomic E-state index is -0.0921. The summed E-state index contributed by atoms with van der Waals surface area (Å²) in [7, 11) is 0. The van der Waals surface area contributed by atoms with Gasteiger partial charge < -0.3 is 16.0 Å². The fourth-order valence-corrected chi connectivity index (χ4v) is 3.52. The highest BCUT2D eigenvalue weighted by Crippen LogP contribution is 2.35. The lowest BCUT2D eigenvalue weighted by Gasteiger charge is -2.25. The van der Waals surface area contributed by atoms with Gasteiger partial charge in [-0.1, -0.05) is 0 Å². The minimum absolute atomic E-state index is 0. The van der Waals surface area contributed by atoms with Crippen molar-refractivity contribution in [1.29, 1.82) is 0 Å². The van der Waals surface area contributed by atoms with E-state index in [2.05, 4.69) is 16.0 Å². The number of amides is 2. The van der Waals surface area contributed by atoms with Crippen LogP contribution in [0.3, 0.4) is 0 Å². The molecule has 5 nitrogen and oxygen atoms in total. The third kappa shape index (κ3) is 3.74. The summed E-state index contributed by atoms with van der Waals surface area (Å²) in [5.74, 6) is -0.0918. The van der Waals surface area contributed by atoms with Crippen LogP contribution in [0.4, 0.5) is 5.69 Å². The van der Waals surface area contributed by atoms with Gasteiger partial charge >= 0.3 is 0 Å². The number of carbonyl (C=O) groups is 2. The number of halogens is 1. The molecule has 22 heavy (non-hydrogen) atoms. The number of nitrogens with one attached hydrogen (secondary N) is 3. The van der Waals surface area contributed by atoms with Crippen LogP contribution in [0.25, 0.3) is 0 Å². The number of thioether (sulfide) groups is 1. The van der Waals surface area contributed by atoms with Gasteiger partial charge in [-0.15, -0.1) is 24.2 Å². The molecule has 0 bridgehead atoms. The highest BCUT2D eigenvalue weighted by atomic mass is 35.5. The summed E-state index contributed by atoms with van der Waals surface area (Å²) < 4.78 is 0. The Bertz CT molecular complexity index is 576. The van der Waals surface area contributed by atoms with Crippen molar-refractivity contribution < 1.29 is 9.59 Å². The van der Waals surface area contributed by atoms with Gasteiger partial charge in [-0.3, -0.25) is 9.59 Å². The van der Waals surface area contributed by atoms with Crippen molar-refractivity contribution in [3.63, 3.8) is 0 Å². The van der Waals surface area contributed by atoms with Crippen molar-refractivity contribution in [2.75, 3.05) is 18.4 Å². The van der Waals surface area contributed by atoms with Crippen LogP contribution in [0, 0.1) is 0 Å². The molecule has 120 valence electrons. The fraction of sp³-hybridized carbons (Fsp3) is 0.467. The smallest absolute Gasteiger partial charge is 0.251 e. The van der Waals surface area contributed by atoms with Crippen molar-refractivity contribution in [2.24, 2.45) is 0 Å². The van der Waals surface area contributed by atoms with Crippen LogP contribution in [0.2, 0.25) is 0 Å². The number of benzene rings is 1. The second-order valence-corrected chi connectivity index (χ2v) is 6.86. The number of piperidine rings is 1. The third-order valence-corrected chi connectivity index (χ3v) is 4.98. The lowest BCUT2D eigenvalue weighted by Crippen LogP contribution is -2.45. The first-order valence-electron chi connectivity index (χ1n) is 7.26. The Labute approximate surface area is 140 Å². The number of carbonyl (C=O) groups excluding carboxylic acids is 2. The largest absolute Gasteiger partial charge is 0.348 e. The van der Waals surface area contributed by atoms with Crippen molar-refractivity contribution in [3.05, 3.63) is 23.8 Å². The molecule has 2 aliphatic rings. The van der Waals surface area contributed by atoms with E-state index in [4.69, 9.17) is 0 Å². The molecule has 0 radical (unpaired) electrons. The van der Waals surface area contributed by atoms with Crippen LogP contribution in [0.5, 0.6) is 0 Å². The summed E-state index contributed by atoms with van der Waals surface area (Å²) in [6.07, 6.45) is 2.09. The molecule has 2 amide bonds. The van der Waals surface area contributed by atoms with Gasteiger partial charge in [-0.05, 0) is 44.5 Å². The molecular formula is C15H20ClN3O2S. The molecule has 7 heteroatoms. The van der Waals surface area contributed by atoms with Crippen LogP contribution >= 0.6 is 24.2 Å². The summed E-state index contributed by atoms with van der Waals surface area (Å²) in [5.41, 5.74) is 1.33. The van der Waals surface area contributed by atoms with E-state index >= 15 is 0 Å². The number of rotatable bonds is 2. The highest BCUT2D eigenvalue weighted by molar-refractivity contribution is 8.00.